The van der Waals surface area contributed by atoms with Crippen LogP contribution in [0.25, 0.3) is 0 Å². The summed E-state index contributed by atoms with van der Waals surface area (Å²) in [6.07, 6.45) is 4.79. The summed E-state index contributed by atoms with van der Waals surface area (Å²) >= 11 is 0. The molecule has 2 aliphatic heterocycles. The van der Waals surface area contributed by atoms with Crippen LogP contribution >= 0.6 is 0 Å². The topological polar surface area (TPSA) is 85.3 Å². The Labute approximate surface area is 149 Å². The molecule has 0 N–H and O–H groups in total. The third kappa shape index (κ3) is 2.87. The summed E-state index contributed by atoms with van der Waals surface area (Å²) in [7, 11) is 2.40. The number of carbonyl (C=O) groups is 3. The van der Waals surface area contributed by atoms with E-state index in [2.05, 4.69) is 5.10 Å². The summed E-state index contributed by atoms with van der Waals surface area (Å²) in [5.41, 5.74) is 0.208. The Hall–Kier alpha value is -3.03. The molecule has 3 rings (SSSR count). The fourth-order valence-electron chi connectivity index (χ4n) is 3.46. The summed E-state index contributed by atoms with van der Waals surface area (Å²) in [5, 5.41) is 5.59. The summed E-state index contributed by atoms with van der Waals surface area (Å²) in [4.78, 5) is 37.9. The highest BCUT2D eigenvalue weighted by atomic mass is 19.1. The number of hydrogen-bond donors (Lipinski definition) is 0. The van der Waals surface area contributed by atoms with Crippen molar-refractivity contribution in [3.05, 3.63) is 47.8 Å². The number of methoxy groups -OCH3 is 2. The molecule has 26 heavy (non-hydrogen) atoms. The zero-order chi connectivity index (χ0) is 18.8. The molecule has 0 bridgehead atoms. The van der Waals surface area contributed by atoms with Gasteiger partial charge in [-0.3, -0.25) is 19.4 Å². The van der Waals surface area contributed by atoms with Crippen molar-refractivity contribution in [2.24, 2.45) is 16.9 Å². The Balaban J connectivity index is 2.07. The van der Waals surface area contributed by atoms with Crippen LogP contribution < -0.4 is 0 Å². The van der Waals surface area contributed by atoms with E-state index in [-0.39, 0.29) is 5.56 Å². The molecule has 0 aliphatic carbocycles. The summed E-state index contributed by atoms with van der Waals surface area (Å²) in [5.74, 6) is -4.33. The van der Waals surface area contributed by atoms with E-state index >= 15 is 0 Å². The van der Waals surface area contributed by atoms with Crippen LogP contribution in [-0.4, -0.2) is 55.2 Å². The molecule has 1 aromatic rings. The van der Waals surface area contributed by atoms with E-state index in [1.165, 1.54) is 37.6 Å². The molecule has 8 heteroatoms. The molecule has 1 aromatic carbocycles. The smallest absolute Gasteiger partial charge is 0.312 e. The van der Waals surface area contributed by atoms with E-state index < -0.39 is 47.5 Å². The number of nitrogens with zero attached hydrogens (tertiary/aromatic N) is 2. The van der Waals surface area contributed by atoms with Gasteiger partial charge in [0.1, 0.15) is 17.8 Å². The van der Waals surface area contributed by atoms with Crippen molar-refractivity contribution in [1.29, 1.82) is 0 Å². The van der Waals surface area contributed by atoms with Crippen molar-refractivity contribution in [2.45, 2.75) is 12.1 Å². The van der Waals surface area contributed by atoms with E-state index in [0.29, 0.717) is 0 Å². The zero-order valence-corrected chi connectivity index (χ0v) is 14.2. The first-order valence-corrected chi connectivity index (χ1v) is 7.94. The van der Waals surface area contributed by atoms with Crippen LogP contribution in [0, 0.1) is 17.7 Å². The predicted octanol–water partition coefficient (Wildman–Crippen LogP) is 1.20. The number of hydrazone groups is 1. The Morgan fingerprint density at radius 2 is 1.65 bits per heavy atom. The molecule has 0 unspecified atom stereocenters. The number of halogens is 1. The molecule has 0 spiro atoms. The highest BCUT2D eigenvalue weighted by Crippen LogP contribution is 2.40. The van der Waals surface area contributed by atoms with Crippen LogP contribution in [-0.2, 0) is 19.1 Å². The standard InChI is InChI=1S/C18H17FN2O5/c1-25-17(23)13-12-4-3-9-20-21(12)15(14(13)18(24)26-2)16(22)10-5-7-11(19)8-6-10/h3-9,12-15H,1-2H3/t12-,13+,14-,15+/m0/s1. The number of rotatable bonds is 4. The lowest BCUT2D eigenvalue weighted by molar-refractivity contribution is -0.156. The number of allylic oxidation sites excluding steroid dienone is 1. The lowest BCUT2D eigenvalue weighted by atomic mass is 9.84. The maximum absolute atomic E-state index is 13.2. The molecule has 2 aliphatic rings. The maximum atomic E-state index is 13.2. The molecule has 1 saturated heterocycles. The van der Waals surface area contributed by atoms with Crippen molar-refractivity contribution < 1.29 is 28.2 Å². The van der Waals surface area contributed by atoms with Crippen LogP contribution in [0.1, 0.15) is 10.4 Å². The molecule has 0 radical (unpaired) electrons. The maximum Gasteiger partial charge on any atom is 0.312 e. The van der Waals surface area contributed by atoms with E-state index in [4.69, 9.17) is 9.47 Å². The minimum Gasteiger partial charge on any atom is -0.469 e. The second-order valence-electron chi connectivity index (χ2n) is 5.93. The van der Waals surface area contributed by atoms with Gasteiger partial charge < -0.3 is 9.47 Å². The first-order chi connectivity index (χ1) is 12.5. The number of Topliss-reactive ketones (excluding diaryl/α,β-unsaturated/α-hetero) is 1. The third-order valence-corrected chi connectivity index (χ3v) is 4.62. The van der Waals surface area contributed by atoms with Crippen LogP contribution in [0.2, 0.25) is 0 Å². The summed E-state index contributed by atoms with van der Waals surface area (Å²) < 4.78 is 22.9. The van der Waals surface area contributed by atoms with E-state index in [1.54, 1.807) is 12.2 Å². The van der Waals surface area contributed by atoms with Gasteiger partial charge in [-0.2, -0.15) is 5.10 Å². The van der Waals surface area contributed by atoms with Gasteiger partial charge in [0.25, 0.3) is 0 Å². The molecular formula is C18H17FN2O5. The number of esters is 2. The molecule has 0 aromatic heterocycles. The number of fused-ring (bicyclic) bond motifs is 1. The van der Waals surface area contributed by atoms with Crippen LogP contribution in [0.15, 0.2) is 41.5 Å². The number of ketones is 1. The van der Waals surface area contributed by atoms with Gasteiger partial charge >= 0.3 is 11.9 Å². The summed E-state index contributed by atoms with van der Waals surface area (Å²) in [6, 6.07) is 3.29. The van der Waals surface area contributed by atoms with Crippen molar-refractivity contribution in [3.63, 3.8) is 0 Å². The van der Waals surface area contributed by atoms with Gasteiger partial charge in [0.05, 0.1) is 26.2 Å². The molecule has 2 heterocycles. The molecule has 0 amide bonds. The molecular weight excluding hydrogens is 343 g/mol. The first kappa shape index (κ1) is 17.8. The highest BCUT2D eigenvalue weighted by Gasteiger charge is 2.58. The normalized spacial score (nSPS) is 26.3. The molecule has 7 nitrogen and oxygen atoms in total. The van der Waals surface area contributed by atoms with Gasteiger partial charge in [-0.1, -0.05) is 6.08 Å². The SMILES string of the molecule is COC(=O)[C@H]1[C@H](C(=O)OC)[C@H](C(=O)c2ccc(F)cc2)N2N=CC=C[C@@H]12. The summed E-state index contributed by atoms with van der Waals surface area (Å²) in [6.45, 7) is 0. The van der Waals surface area contributed by atoms with Gasteiger partial charge in [0.15, 0.2) is 5.78 Å². The van der Waals surface area contributed by atoms with Crippen molar-refractivity contribution >= 4 is 23.9 Å². The lowest BCUT2D eigenvalue weighted by Crippen LogP contribution is -2.42. The molecule has 0 saturated carbocycles. The van der Waals surface area contributed by atoms with Gasteiger partial charge in [-0.15, -0.1) is 0 Å². The van der Waals surface area contributed by atoms with Crippen LogP contribution in [0.5, 0.6) is 0 Å². The van der Waals surface area contributed by atoms with Gasteiger partial charge in [-0.25, -0.2) is 4.39 Å². The van der Waals surface area contributed by atoms with Crippen LogP contribution in [0.4, 0.5) is 4.39 Å². The van der Waals surface area contributed by atoms with Crippen molar-refractivity contribution in [2.75, 3.05) is 14.2 Å². The average Bonchev–Trinajstić information content (AvgIpc) is 3.02. The Morgan fingerprint density at radius 1 is 1.04 bits per heavy atom. The fourth-order valence-corrected chi connectivity index (χ4v) is 3.46. The van der Waals surface area contributed by atoms with Gasteiger partial charge in [0, 0.05) is 11.8 Å². The van der Waals surface area contributed by atoms with Crippen molar-refractivity contribution in [3.8, 4) is 0 Å². The monoisotopic (exact) mass is 360 g/mol. The number of carbonyl (C=O) groups excluding carboxylic acids is 3. The second-order valence-corrected chi connectivity index (χ2v) is 5.93. The molecule has 136 valence electrons. The van der Waals surface area contributed by atoms with E-state index in [9.17, 15) is 18.8 Å². The molecule has 4 atom stereocenters. The minimum absolute atomic E-state index is 0.208. The lowest BCUT2D eigenvalue weighted by Gasteiger charge is -2.27. The second kappa shape index (κ2) is 7.07. The Kier molecular flexibility index (Phi) is 4.83. The first-order valence-electron chi connectivity index (χ1n) is 7.94. The zero-order valence-electron chi connectivity index (χ0n) is 14.2. The molecule has 1 fully saturated rings. The van der Waals surface area contributed by atoms with Crippen molar-refractivity contribution in [1.82, 2.24) is 5.01 Å². The average molecular weight is 360 g/mol. The fraction of sp³-hybridized carbons (Fsp3) is 0.333. The Bertz CT molecular complexity index is 789. The number of hydrogen-bond acceptors (Lipinski definition) is 7. The largest absolute Gasteiger partial charge is 0.469 e. The van der Waals surface area contributed by atoms with Crippen LogP contribution in [0.3, 0.4) is 0 Å². The quantitative estimate of drug-likeness (QED) is 0.592. The third-order valence-electron chi connectivity index (χ3n) is 4.62. The van der Waals surface area contributed by atoms with Gasteiger partial charge in [-0.05, 0) is 30.3 Å². The number of benzene rings is 1. The minimum atomic E-state index is -1.10. The van der Waals surface area contributed by atoms with Gasteiger partial charge in [0.2, 0.25) is 0 Å². The number of ether oxygens (including phenoxy) is 2. The van der Waals surface area contributed by atoms with E-state index in [0.717, 1.165) is 12.1 Å². The Morgan fingerprint density at radius 3 is 2.27 bits per heavy atom. The predicted molar refractivity (Wildman–Crippen MR) is 88.8 cm³/mol. The highest BCUT2D eigenvalue weighted by molar-refractivity contribution is 6.04. The van der Waals surface area contributed by atoms with E-state index in [1.807, 2.05) is 0 Å².